The summed E-state index contributed by atoms with van der Waals surface area (Å²) in [6, 6.07) is 4.30. The zero-order chi connectivity index (χ0) is 13.8. The third kappa shape index (κ3) is 3.23. The van der Waals surface area contributed by atoms with E-state index in [-0.39, 0.29) is 23.3 Å². The van der Waals surface area contributed by atoms with Crippen LogP contribution in [0.15, 0.2) is 18.2 Å². The summed E-state index contributed by atoms with van der Waals surface area (Å²) in [4.78, 5) is 12.2. The fourth-order valence-electron chi connectivity index (χ4n) is 2.09. The largest absolute Gasteiger partial charge is 0.490 e. The molecule has 1 aliphatic rings. The first-order valence-corrected chi connectivity index (χ1v) is 6.59. The van der Waals surface area contributed by atoms with Crippen molar-refractivity contribution in [2.45, 2.75) is 25.8 Å². The van der Waals surface area contributed by atoms with Crippen LogP contribution in [-0.4, -0.2) is 25.1 Å². The number of amides is 1. The molecule has 104 valence electrons. The summed E-state index contributed by atoms with van der Waals surface area (Å²) in [5.41, 5.74) is 5.87. The first-order chi connectivity index (χ1) is 9.17. The maximum atomic E-state index is 13.7. The molecular formula is C14H19FN2O2. The minimum atomic E-state index is -0.523. The summed E-state index contributed by atoms with van der Waals surface area (Å²) >= 11 is 0. The van der Waals surface area contributed by atoms with E-state index in [0.29, 0.717) is 19.1 Å². The summed E-state index contributed by atoms with van der Waals surface area (Å²) in [5, 5.41) is 2.86. The summed E-state index contributed by atoms with van der Waals surface area (Å²) in [6.45, 7) is 2.46. The van der Waals surface area contributed by atoms with Gasteiger partial charge in [0.2, 0.25) is 0 Å². The minimum absolute atomic E-state index is 0.00840. The van der Waals surface area contributed by atoms with E-state index in [1.165, 1.54) is 12.1 Å². The van der Waals surface area contributed by atoms with Crippen molar-refractivity contribution in [1.82, 2.24) is 5.32 Å². The van der Waals surface area contributed by atoms with Gasteiger partial charge < -0.3 is 15.8 Å². The van der Waals surface area contributed by atoms with Gasteiger partial charge in [-0.15, -0.1) is 0 Å². The quantitative estimate of drug-likeness (QED) is 0.823. The molecule has 0 radical (unpaired) electrons. The average Bonchev–Trinajstić information content (AvgIpc) is 3.22. The molecular weight excluding hydrogens is 247 g/mol. The fourth-order valence-corrected chi connectivity index (χ4v) is 2.09. The van der Waals surface area contributed by atoms with E-state index in [1.54, 1.807) is 13.0 Å². The minimum Gasteiger partial charge on any atom is -0.490 e. The standard InChI is InChI=1S/C14H19FN2O2/c1-2-19-13-10(4-3-5-11(13)15)14(18)17-12(8-16)9-6-7-9/h3-5,9,12H,2,6-8,16H2,1H3,(H,17,18). The van der Waals surface area contributed by atoms with Crippen LogP contribution in [0.25, 0.3) is 0 Å². The van der Waals surface area contributed by atoms with E-state index in [2.05, 4.69) is 5.32 Å². The molecule has 2 rings (SSSR count). The number of hydrogen-bond donors (Lipinski definition) is 2. The van der Waals surface area contributed by atoms with Crippen molar-refractivity contribution in [2.24, 2.45) is 11.7 Å². The Labute approximate surface area is 112 Å². The van der Waals surface area contributed by atoms with E-state index < -0.39 is 5.82 Å². The van der Waals surface area contributed by atoms with E-state index >= 15 is 0 Å². The van der Waals surface area contributed by atoms with Gasteiger partial charge in [-0.3, -0.25) is 4.79 Å². The molecule has 0 spiro atoms. The second kappa shape index (κ2) is 6.02. The molecule has 1 unspecified atom stereocenters. The molecule has 5 heteroatoms. The van der Waals surface area contributed by atoms with Crippen molar-refractivity contribution in [2.75, 3.05) is 13.2 Å². The number of hydrogen-bond acceptors (Lipinski definition) is 3. The number of nitrogens with two attached hydrogens (primary N) is 1. The lowest BCUT2D eigenvalue weighted by Crippen LogP contribution is -2.41. The van der Waals surface area contributed by atoms with Gasteiger partial charge >= 0.3 is 0 Å². The zero-order valence-corrected chi connectivity index (χ0v) is 11.0. The van der Waals surface area contributed by atoms with Crippen molar-refractivity contribution < 1.29 is 13.9 Å². The highest BCUT2D eigenvalue weighted by Gasteiger charge is 2.32. The molecule has 0 heterocycles. The lowest BCUT2D eigenvalue weighted by molar-refractivity contribution is 0.0928. The van der Waals surface area contributed by atoms with Crippen molar-refractivity contribution in [1.29, 1.82) is 0 Å². The van der Waals surface area contributed by atoms with Gasteiger partial charge in [-0.25, -0.2) is 4.39 Å². The van der Waals surface area contributed by atoms with Gasteiger partial charge in [0.15, 0.2) is 11.6 Å². The predicted molar refractivity (Wildman–Crippen MR) is 70.6 cm³/mol. The Kier molecular flexibility index (Phi) is 4.37. The smallest absolute Gasteiger partial charge is 0.255 e. The number of nitrogens with one attached hydrogen (secondary N) is 1. The van der Waals surface area contributed by atoms with Crippen LogP contribution in [0.4, 0.5) is 4.39 Å². The molecule has 1 amide bonds. The van der Waals surface area contributed by atoms with Gasteiger partial charge in [0.1, 0.15) is 0 Å². The Morgan fingerprint density at radius 1 is 1.58 bits per heavy atom. The lowest BCUT2D eigenvalue weighted by atomic mass is 10.1. The molecule has 0 aromatic heterocycles. The molecule has 1 aromatic rings. The van der Waals surface area contributed by atoms with E-state index in [4.69, 9.17) is 10.5 Å². The topological polar surface area (TPSA) is 64.3 Å². The summed E-state index contributed by atoms with van der Waals surface area (Å²) in [6.07, 6.45) is 2.17. The van der Waals surface area contributed by atoms with Gasteiger partial charge in [-0.05, 0) is 37.8 Å². The third-order valence-electron chi connectivity index (χ3n) is 3.26. The molecule has 0 saturated heterocycles. The fraction of sp³-hybridized carbons (Fsp3) is 0.500. The van der Waals surface area contributed by atoms with Crippen LogP contribution in [0.3, 0.4) is 0 Å². The van der Waals surface area contributed by atoms with E-state index in [9.17, 15) is 9.18 Å². The van der Waals surface area contributed by atoms with Crippen LogP contribution >= 0.6 is 0 Å². The van der Waals surface area contributed by atoms with Crippen LogP contribution in [0, 0.1) is 11.7 Å². The van der Waals surface area contributed by atoms with Crippen molar-refractivity contribution >= 4 is 5.91 Å². The van der Waals surface area contributed by atoms with E-state index in [0.717, 1.165) is 12.8 Å². The highest BCUT2D eigenvalue weighted by Crippen LogP contribution is 2.32. The number of para-hydroxylation sites is 1. The van der Waals surface area contributed by atoms with Crippen LogP contribution < -0.4 is 15.8 Å². The van der Waals surface area contributed by atoms with Crippen LogP contribution in [-0.2, 0) is 0 Å². The highest BCUT2D eigenvalue weighted by atomic mass is 19.1. The number of halogens is 1. The number of ether oxygens (including phenoxy) is 1. The second-order valence-electron chi connectivity index (χ2n) is 4.70. The molecule has 3 N–H and O–H groups in total. The number of carbonyl (C=O) groups excluding carboxylic acids is 1. The zero-order valence-electron chi connectivity index (χ0n) is 11.0. The van der Waals surface area contributed by atoms with Crippen molar-refractivity contribution in [3.8, 4) is 5.75 Å². The summed E-state index contributed by atoms with van der Waals surface area (Å²) in [5.74, 6) is -0.386. The Balaban J connectivity index is 2.15. The predicted octanol–water partition coefficient (Wildman–Crippen LogP) is 1.69. The van der Waals surface area contributed by atoms with Crippen LogP contribution in [0.2, 0.25) is 0 Å². The van der Waals surface area contributed by atoms with Gasteiger partial charge in [0, 0.05) is 12.6 Å². The number of benzene rings is 1. The van der Waals surface area contributed by atoms with Crippen LogP contribution in [0.5, 0.6) is 5.75 Å². The number of carbonyl (C=O) groups is 1. The summed E-state index contributed by atoms with van der Waals surface area (Å²) < 4.78 is 18.9. The van der Waals surface area contributed by atoms with Crippen molar-refractivity contribution in [3.63, 3.8) is 0 Å². The Morgan fingerprint density at radius 3 is 2.89 bits per heavy atom. The van der Waals surface area contributed by atoms with Gasteiger partial charge in [-0.1, -0.05) is 6.07 Å². The van der Waals surface area contributed by atoms with Gasteiger partial charge in [0.25, 0.3) is 5.91 Å². The molecule has 0 aliphatic heterocycles. The molecule has 1 fully saturated rings. The lowest BCUT2D eigenvalue weighted by Gasteiger charge is -2.17. The van der Waals surface area contributed by atoms with Crippen molar-refractivity contribution in [3.05, 3.63) is 29.6 Å². The van der Waals surface area contributed by atoms with Crippen LogP contribution in [0.1, 0.15) is 30.1 Å². The monoisotopic (exact) mass is 266 g/mol. The van der Waals surface area contributed by atoms with E-state index in [1.807, 2.05) is 0 Å². The molecule has 1 aliphatic carbocycles. The van der Waals surface area contributed by atoms with Gasteiger partial charge in [-0.2, -0.15) is 0 Å². The Morgan fingerprint density at radius 2 is 2.32 bits per heavy atom. The second-order valence-corrected chi connectivity index (χ2v) is 4.70. The molecule has 4 nitrogen and oxygen atoms in total. The molecule has 0 bridgehead atoms. The maximum Gasteiger partial charge on any atom is 0.255 e. The normalized spacial score (nSPS) is 15.9. The highest BCUT2D eigenvalue weighted by molar-refractivity contribution is 5.97. The Bertz CT molecular complexity index is 461. The van der Waals surface area contributed by atoms with Gasteiger partial charge in [0.05, 0.1) is 12.2 Å². The third-order valence-corrected chi connectivity index (χ3v) is 3.26. The number of rotatable bonds is 6. The average molecular weight is 266 g/mol. The first kappa shape index (κ1) is 13.8. The first-order valence-electron chi connectivity index (χ1n) is 6.59. The molecule has 1 aromatic carbocycles. The molecule has 19 heavy (non-hydrogen) atoms. The SMILES string of the molecule is CCOc1c(F)cccc1C(=O)NC(CN)C1CC1. The molecule has 1 saturated carbocycles. The summed E-state index contributed by atoms with van der Waals surface area (Å²) in [7, 11) is 0. The Hall–Kier alpha value is -1.62. The molecule has 1 atom stereocenters. The maximum absolute atomic E-state index is 13.7.